The molecule has 1 fully saturated rings. The van der Waals surface area contributed by atoms with E-state index in [1.165, 1.54) is 19.4 Å². The smallest absolute Gasteiger partial charge is 0.410 e. The first kappa shape index (κ1) is 31.2. The monoisotopic (exact) mass is 609 g/mol. The van der Waals surface area contributed by atoms with E-state index in [1.54, 1.807) is 30.2 Å². The SMILES string of the molecule is C=CC(=O)Nc1cc(OC)ccc1Nc1nc(Nc2ccc(N3CCN(C(=O)OC(C)(C)C)CC3)cc2OC)ncc1Cl. The third-order valence-electron chi connectivity index (χ3n) is 6.40. The third-order valence-corrected chi connectivity index (χ3v) is 6.67. The van der Waals surface area contributed by atoms with Crippen LogP contribution in [0.3, 0.4) is 0 Å². The molecule has 4 rings (SSSR count). The van der Waals surface area contributed by atoms with Crippen molar-refractivity contribution >= 4 is 58.1 Å². The van der Waals surface area contributed by atoms with Gasteiger partial charge >= 0.3 is 6.09 Å². The Morgan fingerprint density at radius 3 is 2.35 bits per heavy atom. The second-order valence-corrected chi connectivity index (χ2v) is 11.0. The summed E-state index contributed by atoms with van der Waals surface area (Å²) in [7, 11) is 3.12. The maximum atomic E-state index is 12.4. The number of hydrogen-bond acceptors (Lipinski definition) is 10. The highest BCUT2D eigenvalue weighted by Gasteiger charge is 2.26. The topological polar surface area (TPSA) is 130 Å². The first-order valence-electron chi connectivity index (χ1n) is 13.6. The summed E-state index contributed by atoms with van der Waals surface area (Å²) < 4.78 is 16.4. The molecule has 0 atom stereocenters. The van der Waals surface area contributed by atoms with Gasteiger partial charge in [-0.3, -0.25) is 4.79 Å². The van der Waals surface area contributed by atoms with Gasteiger partial charge in [0, 0.05) is 44.0 Å². The van der Waals surface area contributed by atoms with Crippen molar-refractivity contribution in [1.29, 1.82) is 0 Å². The van der Waals surface area contributed by atoms with Crippen LogP contribution in [-0.4, -0.2) is 72.9 Å². The van der Waals surface area contributed by atoms with Crippen LogP contribution < -0.4 is 30.3 Å². The van der Waals surface area contributed by atoms with Crippen LogP contribution in [0.4, 0.5) is 39.3 Å². The number of amides is 2. The molecule has 13 heteroatoms. The lowest BCUT2D eigenvalue weighted by molar-refractivity contribution is -0.111. The first-order valence-corrected chi connectivity index (χ1v) is 14.0. The number of aromatic nitrogens is 2. The zero-order valence-corrected chi connectivity index (χ0v) is 25.6. The number of anilines is 6. The van der Waals surface area contributed by atoms with Crippen molar-refractivity contribution in [2.24, 2.45) is 0 Å². The third kappa shape index (κ3) is 8.19. The maximum absolute atomic E-state index is 12.4. The number of nitrogens with zero attached hydrogens (tertiary/aromatic N) is 4. The molecule has 1 aliphatic rings. The molecule has 2 aromatic carbocycles. The van der Waals surface area contributed by atoms with Gasteiger partial charge in [0.2, 0.25) is 11.9 Å². The quantitative estimate of drug-likeness (QED) is 0.255. The van der Waals surface area contributed by atoms with E-state index >= 15 is 0 Å². The average Bonchev–Trinajstić information content (AvgIpc) is 2.99. The van der Waals surface area contributed by atoms with Gasteiger partial charge in [0.15, 0.2) is 5.82 Å². The van der Waals surface area contributed by atoms with Crippen molar-refractivity contribution in [2.45, 2.75) is 26.4 Å². The van der Waals surface area contributed by atoms with E-state index in [9.17, 15) is 9.59 Å². The minimum absolute atomic E-state index is 0.272. The highest BCUT2D eigenvalue weighted by molar-refractivity contribution is 6.33. The molecule has 12 nitrogen and oxygen atoms in total. The van der Waals surface area contributed by atoms with Gasteiger partial charge in [-0.1, -0.05) is 18.2 Å². The number of benzene rings is 2. The Hall–Kier alpha value is -4.71. The van der Waals surface area contributed by atoms with Gasteiger partial charge in [-0.25, -0.2) is 9.78 Å². The highest BCUT2D eigenvalue weighted by Crippen LogP contribution is 2.34. The van der Waals surface area contributed by atoms with Crippen molar-refractivity contribution in [3.63, 3.8) is 0 Å². The predicted octanol–water partition coefficient (Wildman–Crippen LogP) is 5.82. The van der Waals surface area contributed by atoms with Gasteiger partial charge in [-0.2, -0.15) is 4.98 Å². The summed E-state index contributed by atoms with van der Waals surface area (Å²) in [6.45, 7) is 11.5. The average molecular weight is 610 g/mol. The number of carbonyl (C=O) groups excluding carboxylic acids is 2. The normalized spacial score (nSPS) is 13.2. The first-order chi connectivity index (χ1) is 20.5. The van der Waals surface area contributed by atoms with Crippen molar-refractivity contribution in [3.8, 4) is 11.5 Å². The van der Waals surface area contributed by atoms with Crippen LogP contribution in [0.15, 0.2) is 55.3 Å². The Labute approximate surface area is 256 Å². The van der Waals surface area contributed by atoms with Gasteiger partial charge in [-0.05, 0) is 51.1 Å². The lowest BCUT2D eigenvalue weighted by Gasteiger charge is -2.37. The largest absolute Gasteiger partial charge is 0.497 e. The van der Waals surface area contributed by atoms with Gasteiger partial charge < -0.3 is 40.0 Å². The predicted molar refractivity (Wildman–Crippen MR) is 168 cm³/mol. The Kier molecular flexibility index (Phi) is 9.81. The standard InChI is InChI=1S/C30H36ClN7O5/c1-7-26(39)33-24-17-20(41-5)9-11-22(24)34-27-21(31)18-32-28(36-27)35-23-10-8-19(16-25(23)42-6)37-12-14-38(15-13-37)29(40)43-30(2,3)4/h7-11,16-18H,1,12-15H2,2-6H3,(H,33,39)(H2,32,34,35,36). The van der Waals surface area contributed by atoms with Gasteiger partial charge in [0.25, 0.3) is 0 Å². The Morgan fingerprint density at radius 1 is 0.977 bits per heavy atom. The molecule has 0 unspecified atom stereocenters. The molecule has 3 aromatic rings. The number of rotatable bonds is 9. The Morgan fingerprint density at radius 2 is 1.70 bits per heavy atom. The Balaban J connectivity index is 1.48. The lowest BCUT2D eigenvalue weighted by atomic mass is 10.2. The molecule has 3 N–H and O–H groups in total. The summed E-state index contributed by atoms with van der Waals surface area (Å²) in [6.07, 6.45) is 2.34. The summed E-state index contributed by atoms with van der Waals surface area (Å²) in [5.41, 5.74) is 2.07. The summed E-state index contributed by atoms with van der Waals surface area (Å²) in [5, 5.41) is 9.36. The number of carbonyl (C=O) groups is 2. The van der Waals surface area contributed by atoms with Gasteiger partial charge in [0.05, 0.1) is 37.5 Å². The number of hydrogen-bond donors (Lipinski definition) is 3. The number of nitrogens with one attached hydrogen (secondary N) is 3. The molecular weight excluding hydrogens is 574 g/mol. The number of piperazine rings is 1. The fraction of sp³-hybridized carbons (Fsp3) is 0.333. The summed E-state index contributed by atoms with van der Waals surface area (Å²) in [5.74, 6) is 1.35. The molecule has 43 heavy (non-hydrogen) atoms. The van der Waals surface area contributed by atoms with Crippen LogP contribution >= 0.6 is 11.6 Å². The molecule has 2 amide bonds. The molecule has 2 heterocycles. The van der Waals surface area contributed by atoms with Crippen molar-refractivity contribution in [1.82, 2.24) is 14.9 Å². The van der Waals surface area contributed by atoms with E-state index in [4.69, 9.17) is 25.8 Å². The summed E-state index contributed by atoms with van der Waals surface area (Å²) in [4.78, 5) is 37.2. The number of halogens is 1. The molecule has 0 saturated carbocycles. The summed E-state index contributed by atoms with van der Waals surface area (Å²) in [6, 6.07) is 10.9. The highest BCUT2D eigenvalue weighted by atomic mass is 35.5. The molecule has 1 aliphatic heterocycles. The van der Waals surface area contributed by atoms with Gasteiger partial charge in [-0.15, -0.1) is 0 Å². The molecule has 0 spiro atoms. The second kappa shape index (κ2) is 13.5. The fourth-order valence-corrected chi connectivity index (χ4v) is 4.40. The zero-order chi connectivity index (χ0) is 31.1. The second-order valence-electron chi connectivity index (χ2n) is 10.6. The Bertz CT molecular complexity index is 1490. The molecular formula is C30H36ClN7O5. The van der Waals surface area contributed by atoms with E-state index in [0.29, 0.717) is 60.6 Å². The van der Waals surface area contributed by atoms with Crippen LogP contribution in [0.1, 0.15) is 20.8 Å². The van der Waals surface area contributed by atoms with Crippen molar-refractivity contribution in [3.05, 3.63) is 60.3 Å². The van der Waals surface area contributed by atoms with E-state index in [0.717, 1.165) is 5.69 Å². The molecule has 228 valence electrons. The van der Waals surface area contributed by atoms with Gasteiger partial charge in [0.1, 0.15) is 22.1 Å². The molecule has 0 aliphatic carbocycles. The van der Waals surface area contributed by atoms with Crippen LogP contribution in [-0.2, 0) is 9.53 Å². The van der Waals surface area contributed by atoms with Crippen LogP contribution in [0.2, 0.25) is 5.02 Å². The maximum Gasteiger partial charge on any atom is 0.410 e. The van der Waals surface area contributed by atoms with Crippen molar-refractivity contribution in [2.75, 3.05) is 61.2 Å². The fourth-order valence-electron chi connectivity index (χ4n) is 4.26. The van der Waals surface area contributed by atoms with Crippen LogP contribution in [0.5, 0.6) is 11.5 Å². The molecule has 1 aromatic heterocycles. The minimum atomic E-state index is -0.531. The molecule has 1 saturated heterocycles. The van der Waals surface area contributed by atoms with E-state index < -0.39 is 5.60 Å². The van der Waals surface area contributed by atoms with Crippen LogP contribution in [0, 0.1) is 0 Å². The number of methoxy groups -OCH3 is 2. The van der Waals surface area contributed by atoms with Crippen molar-refractivity contribution < 1.29 is 23.8 Å². The minimum Gasteiger partial charge on any atom is -0.497 e. The molecule has 0 radical (unpaired) electrons. The molecule has 0 bridgehead atoms. The number of ether oxygens (including phenoxy) is 3. The lowest BCUT2D eigenvalue weighted by Crippen LogP contribution is -2.50. The van der Waals surface area contributed by atoms with Crippen LogP contribution in [0.25, 0.3) is 0 Å². The zero-order valence-electron chi connectivity index (χ0n) is 24.9. The van der Waals surface area contributed by atoms with E-state index in [2.05, 4.69) is 37.4 Å². The summed E-state index contributed by atoms with van der Waals surface area (Å²) >= 11 is 6.41. The van der Waals surface area contributed by atoms with E-state index in [-0.39, 0.29) is 23.0 Å². The van der Waals surface area contributed by atoms with E-state index in [1.807, 2.05) is 39.0 Å².